The first-order chi connectivity index (χ1) is 12.2. The summed E-state index contributed by atoms with van der Waals surface area (Å²) in [6.45, 7) is 2.41. The molecule has 0 spiro atoms. The maximum atomic E-state index is 6.29. The van der Waals surface area contributed by atoms with Crippen molar-refractivity contribution in [2.75, 3.05) is 19.8 Å². The van der Waals surface area contributed by atoms with Crippen LogP contribution in [0.3, 0.4) is 0 Å². The van der Waals surface area contributed by atoms with Gasteiger partial charge in [0.25, 0.3) is 0 Å². The van der Waals surface area contributed by atoms with E-state index in [9.17, 15) is 0 Å². The molecule has 7 heteroatoms. The molecule has 140 valence electrons. The van der Waals surface area contributed by atoms with Gasteiger partial charge in [0.05, 0.1) is 24.8 Å². The van der Waals surface area contributed by atoms with Crippen LogP contribution in [0.25, 0.3) is 0 Å². The van der Waals surface area contributed by atoms with E-state index in [1.165, 1.54) is 5.56 Å². The normalized spacial score (nSPS) is 13.5. The van der Waals surface area contributed by atoms with E-state index in [1.807, 2.05) is 30.3 Å². The van der Waals surface area contributed by atoms with Crippen LogP contribution < -0.4 is 20.5 Å². The molecule has 5 nitrogen and oxygen atoms in total. The lowest BCUT2D eigenvalue weighted by Crippen LogP contribution is -2.33. The lowest BCUT2D eigenvalue weighted by atomic mass is 10.1. The SMILES string of the molecule is I.NC(=NCc1cc(Cl)c2c(c1)OCCCO2)NCCc1ccccc1. The Balaban J connectivity index is 0.00000243. The fourth-order valence-corrected chi connectivity index (χ4v) is 2.88. The number of hydrogen-bond acceptors (Lipinski definition) is 3. The number of hydrogen-bond donors (Lipinski definition) is 2. The molecule has 1 aliphatic heterocycles. The lowest BCUT2D eigenvalue weighted by molar-refractivity contribution is 0.297. The number of rotatable bonds is 5. The number of nitrogens with one attached hydrogen (secondary N) is 1. The molecule has 0 amide bonds. The van der Waals surface area contributed by atoms with E-state index in [0.29, 0.717) is 42.2 Å². The summed E-state index contributed by atoms with van der Waals surface area (Å²) in [4.78, 5) is 4.37. The van der Waals surface area contributed by atoms with Gasteiger partial charge >= 0.3 is 0 Å². The fraction of sp³-hybridized carbons (Fsp3) is 0.316. The number of benzene rings is 2. The summed E-state index contributed by atoms with van der Waals surface area (Å²) in [5, 5.41) is 3.67. The molecule has 0 aromatic heterocycles. The maximum Gasteiger partial charge on any atom is 0.188 e. The summed E-state index contributed by atoms with van der Waals surface area (Å²) in [5.74, 6) is 1.70. The Bertz CT molecular complexity index is 741. The Kier molecular flexibility index (Phi) is 8.31. The Morgan fingerprint density at radius 1 is 1.12 bits per heavy atom. The minimum Gasteiger partial charge on any atom is -0.489 e. The number of guanidine groups is 1. The Morgan fingerprint density at radius 3 is 2.69 bits per heavy atom. The van der Waals surface area contributed by atoms with Crippen molar-refractivity contribution in [1.29, 1.82) is 0 Å². The molecule has 1 heterocycles. The Morgan fingerprint density at radius 2 is 1.88 bits per heavy atom. The molecule has 0 atom stereocenters. The molecule has 0 bridgehead atoms. The standard InChI is InChI=1S/C19H22ClN3O2.HI/c20-16-11-15(12-17-18(16)25-10-4-9-24-17)13-23-19(21)22-8-7-14-5-2-1-3-6-14;/h1-3,5-6,11-12H,4,7-10,13H2,(H3,21,22,23);1H. The van der Waals surface area contributed by atoms with Gasteiger partial charge in [-0.2, -0.15) is 0 Å². The summed E-state index contributed by atoms with van der Waals surface area (Å²) >= 11 is 6.29. The molecule has 3 N–H and O–H groups in total. The molecule has 0 radical (unpaired) electrons. The van der Waals surface area contributed by atoms with E-state index in [2.05, 4.69) is 22.4 Å². The zero-order valence-electron chi connectivity index (χ0n) is 14.4. The van der Waals surface area contributed by atoms with Crippen LogP contribution in [0, 0.1) is 0 Å². The minimum absolute atomic E-state index is 0. The van der Waals surface area contributed by atoms with Crippen molar-refractivity contribution in [1.82, 2.24) is 5.32 Å². The number of halogens is 2. The molecule has 1 aliphatic rings. The van der Waals surface area contributed by atoms with Gasteiger partial charge < -0.3 is 20.5 Å². The zero-order chi connectivity index (χ0) is 17.5. The average molecular weight is 488 g/mol. The smallest absolute Gasteiger partial charge is 0.188 e. The van der Waals surface area contributed by atoms with Gasteiger partial charge in [-0.25, -0.2) is 4.99 Å². The third-order valence-corrected chi connectivity index (χ3v) is 4.14. The predicted molar refractivity (Wildman–Crippen MR) is 116 cm³/mol. The second-order valence-corrected chi connectivity index (χ2v) is 6.23. The van der Waals surface area contributed by atoms with Gasteiger partial charge in [-0.05, 0) is 29.7 Å². The van der Waals surface area contributed by atoms with E-state index in [-0.39, 0.29) is 24.0 Å². The van der Waals surface area contributed by atoms with Crippen LogP contribution in [-0.2, 0) is 13.0 Å². The number of fused-ring (bicyclic) bond motifs is 1. The lowest BCUT2D eigenvalue weighted by Gasteiger charge is -2.11. The Hall–Kier alpha value is -1.67. The van der Waals surface area contributed by atoms with Gasteiger partial charge in [0.2, 0.25) is 0 Å². The van der Waals surface area contributed by atoms with E-state index >= 15 is 0 Å². The van der Waals surface area contributed by atoms with Crippen LogP contribution in [0.5, 0.6) is 11.5 Å². The first-order valence-corrected chi connectivity index (χ1v) is 8.76. The van der Waals surface area contributed by atoms with Crippen molar-refractivity contribution in [3.05, 3.63) is 58.6 Å². The maximum absolute atomic E-state index is 6.29. The monoisotopic (exact) mass is 487 g/mol. The van der Waals surface area contributed by atoms with Gasteiger partial charge in [0.1, 0.15) is 0 Å². The van der Waals surface area contributed by atoms with Crippen LogP contribution in [0.2, 0.25) is 5.02 Å². The highest BCUT2D eigenvalue weighted by Gasteiger charge is 2.15. The zero-order valence-corrected chi connectivity index (χ0v) is 17.5. The topological polar surface area (TPSA) is 68.9 Å². The van der Waals surface area contributed by atoms with Crippen LogP contribution in [0.15, 0.2) is 47.5 Å². The first-order valence-electron chi connectivity index (χ1n) is 8.38. The summed E-state index contributed by atoms with van der Waals surface area (Å²) in [7, 11) is 0. The summed E-state index contributed by atoms with van der Waals surface area (Å²) in [6, 6.07) is 14.0. The molecular weight excluding hydrogens is 465 g/mol. The minimum atomic E-state index is 0. The molecular formula is C19H23ClIN3O2. The van der Waals surface area contributed by atoms with Crippen LogP contribution in [-0.4, -0.2) is 25.7 Å². The van der Waals surface area contributed by atoms with Crippen molar-refractivity contribution < 1.29 is 9.47 Å². The van der Waals surface area contributed by atoms with E-state index in [4.69, 9.17) is 26.8 Å². The second-order valence-electron chi connectivity index (χ2n) is 5.82. The third-order valence-electron chi connectivity index (χ3n) is 3.86. The summed E-state index contributed by atoms with van der Waals surface area (Å²) in [5.41, 5.74) is 8.13. The molecule has 0 fully saturated rings. The molecule has 0 saturated heterocycles. The van der Waals surface area contributed by atoms with Gasteiger partial charge in [0, 0.05) is 13.0 Å². The van der Waals surface area contributed by atoms with Crippen LogP contribution in [0.1, 0.15) is 17.5 Å². The molecule has 2 aromatic carbocycles. The number of nitrogens with zero attached hydrogens (tertiary/aromatic N) is 1. The van der Waals surface area contributed by atoms with Gasteiger partial charge in [-0.1, -0.05) is 41.9 Å². The summed E-state index contributed by atoms with van der Waals surface area (Å²) < 4.78 is 11.3. The van der Waals surface area contributed by atoms with Crippen molar-refractivity contribution in [3.8, 4) is 11.5 Å². The van der Waals surface area contributed by atoms with Gasteiger partial charge in [0.15, 0.2) is 17.5 Å². The number of aliphatic imine (C=N–C) groups is 1. The highest BCUT2D eigenvalue weighted by atomic mass is 127. The summed E-state index contributed by atoms with van der Waals surface area (Å²) in [6.07, 6.45) is 1.74. The van der Waals surface area contributed by atoms with E-state index in [0.717, 1.165) is 24.9 Å². The molecule has 26 heavy (non-hydrogen) atoms. The molecule has 0 aliphatic carbocycles. The molecule has 3 rings (SSSR count). The number of nitrogens with two attached hydrogens (primary N) is 1. The van der Waals surface area contributed by atoms with Crippen LogP contribution >= 0.6 is 35.6 Å². The second kappa shape index (κ2) is 10.5. The Labute approximate surface area is 175 Å². The fourth-order valence-electron chi connectivity index (χ4n) is 2.59. The van der Waals surface area contributed by atoms with Crippen LogP contribution in [0.4, 0.5) is 0 Å². The highest BCUT2D eigenvalue weighted by molar-refractivity contribution is 14.0. The average Bonchev–Trinajstić information content (AvgIpc) is 2.87. The van der Waals surface area contributed by atoms with E-state index in [1.54, 1.807) is 0 Å². The molecule has 2 aromatic rings. The highest BCUT2D eigenvalue weighted by Crippen LogP contribution is 2.38. The largest absolute Gasteiger partial charge is 0.489 e. The van der Waals surface area contributed by atoms with E-state index < -0.39 is 0 Å². The van der Waals surface area contributed by atoms with Crippen molar-refractivity contribution in [3.63, 3.8) is 0 Å². The predicted octanol–water partition coefficient (Wildman–Crippen LogP) is 3.77. The van der Waals surface area contributed by atoms with Crippen molar-refractivity contribution in [2.24, 2.45) is 10.7 Å². The first kappa shape index (κ1) is 20.6. The van der Waals surface area contributed by atoms with Gasteiger partial charge in [-0.3, -0.25) is 0 Å². The quantitative estimate of drug-likeness (QED) is 0.383. The number of ether oxygens (including phenoxy) is 2. The van der Waals surface area contributed by atoms with Crippen molar-refractivity contribution >= 4 is 41.5 Å². The van der Waals surface area contributed by atoms with Crippen molar-refractivity contribution in [2.45, 2.75) is 19.4 Å². The molecule has 0 unspecified atom stereocenters. The van der Waals surface area contributed by atoms with Gasteiger partial charge in [-0.15, -0.1) is 24.0 Å². The molecule has 0 saturated carbocycles. The third kappa shape index (κ3) is 5.95.